The zero-order chi connectivity index (χ0) is 14.2. The third-order valence-corrected chi connectivity index (χ3v) is 3.83. The van der Waals surface area contributed by atoms with Crippen LogP contribution in [-0.2, 0) is 0 Å². The summed E-state index contributed by atoms with van der Waals surface area (Å²) in [6, 6.07) is 8.53. The molecule has 0 bridgehead atoms. The summed E-state index contributed by atoms with van der Waals surface area (Å²) in [5, 5.41) is 0.699. The molecular formula is C16H17ClFN. The van der Waals surface area contributed by atoms with Gasteiger partial charge >= 0.3 is 0 Å². The Morgan fingerprint density at radius 1 is 1.00 bits per heavy atom. The lowest BCUT2D eigenvalue weighted by Gasteiger charge is -2.19. The molecule has 0 saturated carbocycles. The fourth-order valence-corrected chi connectivity index (χ4v) is 2.57. The molecular weight excluding hydrogens is 261 g/mol. The first-order chi connectivity index (χ1) is 8.90. The van der Waals surface area contributed by atoms with Crippen molar-refractivity contribution in [1.82, 2.24) is 0 Å². The van der Waals surface area contributed by atoms with E-state index in [2.05, 4.69) is 0 Å². The second kappa shape index (κ2) is 5.32. The van der Waals surface area contributed by atoms with Crippen molar-refractivity contribution in [3.63, 3.8) is 0 Å². The molecule has 2 aromatic rings. The molecule has 19 heavy (non-hydrogen) atoms. The van der Waals surface area contributed by atoms with Crippen LogP contribution < -0.4 is 5.73 Å². The number of nitrogens with two attached hydrogens (primary N) is 1. The molecule has 0 amide bonds. The predicted molar refractivity (Wildman–Crippen MR) is 78.1 cm³/mol. The maximum Gasteiger partial charge on any atom is 0.123 e. The average Bonchev–Trinajstić information content (AvgIpc) is 2.31. The van der Waals surface area contributed by atoms with Crippen molar-refractivity contribution in [2.75, 3.05) is 0 Å². The minimum Gasteiger partial charge on any atom is -0.320 e. The third-order valence-electron chi connectivity index (χ3n) is 3.42. The Labute approximate surface area is 118 Å². The first-order valence-electron chi connectivity index (χ1n) is 6.18. The van der Waals surface area contributed by atoms with Crippen LogP contribution in [-0.4, -0.2) is 0 Å². The molecule has 0 fully saturated rings. The lowest BCUT2D eigenvalue weighted by molar-refractivity contribution is 0.623. The van der Waals surface area contributed by atoms with Crippen molar-refractivity contribution in [3.8, 4) is 0 Å². The molecule has 1 unspecified atom stereocenters. The van der Waals surface area contributed by atoms with Gasteiger partial charge in [0.2, 0.25) is 0 Å². The van der Waals surface area contributed by atoms with Gasteiger partial charge in [0.05, 0.1) is 6.04 Å². The first-order valence-corrected chi connectivity index (χ1v) is 6.56. The maximum atomic E-state index is 13.3. The van der Waals surface area contributed by atoms with Gasteiger partial charge in [0.1, 0.15) is 5.82 Å². The van der Waals surface area contributed by atoms with Crippen molar-refractivity contribution in [2.45, 2.75) is 26.8 Å². The summed E-state index contributed by atoms with van der Waals surface area (Å²) in [4.78, 5) is 0. The minimum absolute atomic E-state index is 0.229. The van der Waals surface area contributed by atoms with Crippen molar-refractivity contribution >= 4 is 11.6 Å². The quantitative estimate of drug-likeness (QED) is 0.862. The second-order valence-electron chi connectivity index (χ2n) is 4.94. The van der Waals surface area contributed by atoms with Crippen LogP contribution in [0.15, 0.2) is 30.3 Å². The van der Waals surface area contributed by atoms with Gasteiger partial charge in [-0.25, -0.2) is 4.39 Å². The van der Waals surface area contributed by atoms with Crippen LogP contribution in [0.25, 0.3) is 0 Å². The molecule has 1 nitrogen and oxygen atoms in total. The Morgan fingerprint density at radius 3 is 2.11 bits per heavy atom. The van der Waals surface area contributed by atoms with E-state index in [4.69, 9.17) is 17.3 Å². The number of aryl methyl sites for hydroxylation is 3. The van der Waals surface area contributed by atoms with Gasteiger partial charge in [0.15, 0.2) is 0 Å². The summed E-state index contributed by atoms with van der Waals surface area (Å²) in [5.74, 6) is -0.229. The zero-order valence-corrected chi connectivity index (χ0v) is 12.1. The highest BCUT2D eigenvalue weighted by Crippen LogP contribution is 2.29. The summed E-state index contributed by atoms with van der Waals surface area (Å²) in [6.07, 6.45) is 0. The Hall–Kier alpha value is -1.38. The van der Waals surface area contributed by atoms with E-state index >= 15 is 0 Å². The normalized spacial score (nSPS) is 12.5. The van der Waals surface area contributed by atoms with Crippen LogP contribution in [0, 0.1) is 26.6 Å². The van der Waals surface area contributed by atoms with Crippen LogP contribution in [0.2, 0.25) is 5.02 Å². The van der Waals surface area contributed by atoms with Gasteiger partial charge in [-0.15, -0.1) is 0 Å². The van der Waals surface area contributed by atoms with E-state index in [1.165, 1.54) is 12.1 Å². The summed E-state index contributed by atoms with van der Waals surface area (Å²) >= 11 is 6.13. The van der Waals surface area contributed by atoms with Crippen LogP contribution in [0.5, 0.6) is 0 Å². The van der Waals surface area contributed by atoms with Crippen molar-refractivity contribution in [3.05, 3.63) is 69.0 Å². The summed E-state index contributed by atoms with van der Waals surface area (Å²) in [5.41, 5.74) is 10.9. The highest BCUT2D eigenvalue weighted by molar-refractivity contribution is 6.31. The second-order valence-corrected chi connectivity index (χ2v) is 5.35. The van der Waals surface area contributed by atoms with E-state index in [1.807, 2.05) is 39.0 Å². The van der Waals surface area contributed by atoms with Crippen molar-refractivity contribution in [1.29, 1.82) is 0 Å². The summed E-state index contributed by atoms with van der Waals surface area (Å²) in [6.45, 7) is 5.70. The van der Waals surface area contributed by atoms with E-state index < -0.39 is 0 Å². The molecule has 2 N–H and O–H groups in total. The largest absolute Gasteiger partial charge is 0.320 e. The third kappa shape index (κ3) is 2.80. The highest BCUT2D eigenvalue weighted by Gasteiger charge is 2.15. The zero-order valence-electron chi connectivity index (χ0n) is 11.3. The predicted octanol–water partition coefficient (Wildman–Crippen LogP) is 4.45. The Bertz CT molecular complexity index is 599. The smallest absolute Gasteiger partial charge is 0.123 e. The van der Waals surface area contributed by atoms with Gasteiger partial charge in [0.25, 0.3) is 0 Å². The number of hydrogen-bond donors (Lipinski definition) is 1. The van der Waals surface area contributed by atoms with E-state index in [-0.39, 0.29) is 11.9 Å². The molecule has 0 heterocycles. The van der Waals surface area contributed by atoms with Crippen molar-refractivity contribution in [2.24, 2.45) is 5.73 Å². The van der Waals surface area contributed by atoms with Crippen LogP contribution >= 0.6 is 11.6 Å². The average molecular weight is 278 g/mol. The molecule has 100 valence electrons. The van der Waals surface area contributed by atoms with Crippen LogP contribution in [0.1, 0.15) is 33.9 Å². The summed E-state index contributed by atoms with van der Waals surface area (Å²) in [7, 11) is 0. The first kappa shape index (κ1) is 14.0. The SMILES string of the molecule is Cc1ccc(C(N)c2c(C)cc(F)cc2C)cc1Cl. The molecule has 0 aliphatic rings. The molecule has 2 aromatic carbocycles. The summed E-state index contributed by atoms with van der Waals surface area (Å²) < 4.78 is 13.3. The highest BCUT2D eigenvalue weighted by atomic mass is 35.5. The van der Waals surface area contributed by atoms with Gasteiger partial charge in [-0.05, 0) is 66.8 Å². The molecule has 3 heteroatoms. The van der Waals surface area contributed by atoms with E-state index in [0.29, 0.717) is 5.02 Å². The lowest BCUT2D eigenvalue weighted by Crippen LogP contribution is -2.15. The van der Waals surface area contributed by atoms with Gasteiger partial charge in [-0.1, -0.05) is 23.7 Å². The van der Waals surface area contributed by atoms with E-state index in [9.17, 15) is 4.39 Å². The van der Waals surface area contributed by atoms with Gasteiger partial charge in [-0.3, -0.25) is 0 Å². The Morgan fingerprint density at radius 2 is 1.58 bits per heavy atom. The minimum atomic E-state index is -0.293. The molecule has 0 spiro atoms. The number of hydrogen-bond acceptors (Lipinski definition) is 1. The topological polar surface area (TPSA) is 26.0 Å². The molecule has 0 aliphatic heterocycles. The monoisotopic (exact) mass is 277 g/mol. The fraction of sp³-hybridized carbons (Fsp3) is 0.250. The number of benzene rings is 2. The Kier molecular flexibility index (Phi) is 3.93. The Balaban J connectivity index is 2.49. The van der Waals surface area contributed by atoms with Gasteiger partial charge < -0.3 is 5.73 Å². The van der Waals surface area contributed by atoms with Gasteiger partial charge in [-0.2, -0.15) is 0 Å². The standard InChI is InChI=1S/C16H17ClFN/c1-9-4-5-12(8-14(9)17)16(19)15-10(2)6-13(18)7-11(15)3/h4-8,16H,19H2,1-3H3. The molecule has 0 saturated heterocycles. The van der Waals surface area contributed by atoms with Crippen molar-refractivity contribution < 1.29 is 4.39 Å². The number of halogens is 2. The van der Waals surface area contributed by atoms with E-state index in [1.54, 1.807) is 0 Å². The molecule has 0 aliphatic carbocycles. The number of rotatable bonds is 2. The maximum absolute atomic E-state index is 13.3. The molecule has 0 aromatic heterocycles. The lowest BCUT2D eigenvalue weighted by atomic mass is 9.91. The molecule has 2 rings (SSSR count). The fourth-order valence-electron chi connectivity index (χ4n) is 2.38. The molecule has 0 radical (unpaired) electrons. The van der Waals surface area contributed by atoms with E-state index in [0.717, 1.165) is 27.8 Å². The molecule has 1 atom stereocenters. The van der Waals surface area contributed by atoms with Gasteiger partial charge in [0, 0.05) is 5.02 Å². The van der Waals surface area contributed by atoms with Crippen LogP contribution in [0.4, 0.5) is 4.39 Å². The van der Waals surface area contributed by atoms with Crippen LogP contribution in [0.3, 0.4) is 0 Å².